The van der Waals surface area contributed by atoms with Crippen LogP contribution < -0.4 is 11.1 Å². The molecule has 0 amide bonds. The lowest BCUT2D eigenvalue weighted by atomic mass is 10.1. The van der Waals surface area contributed by atoms with E-state index in [9.17, 15) is 4.39 Å². The van der Waals surface area contributed by atoms with Gasteiger partial charge in [-0.1, -0.05) is 18.2 Å². The van der Waals surface area contributed by atoms with Gasteiger partial charge in [-0.3, -0.25) is 4.98 Å². The molecule has 3 aromatic rings. The van der Waals surface area contributed by atoms with E-state index in [4.69, 9.17) is 11.0 Å². The Bertz CT molecular complexity index is 868. The van der Waals surface area contributed by atoms with Crippen molar-refractivity contribution < 1.29 is 4.39 Å². The molecule has 0 aliphatic heterocycles. The molecule has 21 heavy (non-hydrogen) atoms. The normalized spacial score (nSPS) is 10.3. The Kier molecular flexibility index (Phi) is 3.13. The maximum absolute atomic E-state index is 13.4. The summed E-state index contributed by atoms with van der Waals surface area (Å²) in [6.45, 7) is 0. The van der Waals surface area contributed by atoms with Crippen LogP contribution in [0.4, 0.5) is 21.5 Å². The number of nitrogens with zero attached hydrogens (tertiary/aromatic N) is 2. The van der Waals surface area contributed by atoms with Crippen molar-refractivity contribution in [3.05, 3.63) is 60.0 Å². The van der Waals surface area contributed by atoms with E-state index in [0.29, 0.717) is 17.1 Å². The molecule has 0 unspecified atom stereocenters. The summed E-state index contributed by atoms with van der Waals surface area (Å²) in [5, 5.41) is 12.9. The van der Waals surface area contributed by atoms with Crippen LogP contribution >= 0.6 is 0 Å². The third kappa shape index (κ3) is 2.35. The zero-order valence-corrected chi connectivity index (χ0v) is 11.0. The number of anilines is 3. The minimum Gasteiger partial charge on any atom is -0.396 e. The van der Waals surface area contributed by atoms with Crippen molar-refractivity contribution in [1.82, 2.24) is 4.98 Å². The van der Waals surface area contributed by atoms with E-state index in [1.807, 2.05) is 30.3 Å². The van der Waals surface area contributed by atoms with Gasteiger partial charge in [0, 0.05) is 11.1 Å². The molecule has 0 spiro atoms. The summed E-state index contributed by atoms with van der Waals surface area (Å²) in [6, 6.07) is 13.6. The molecule has 0 aliphatic rings. The quantitative estimate of drug-likeness (QED) is 0.751. The number of pyridine rings is 1. The van der Waals surface area contributed by atoms with Gasteiger partial charge in [0.1, 0.15) is 11.9 Å². The van der Waals surface area contributed by atoms with Gasteiger partial charge in [-0.2, -0.15) is 5.26 Å². The number of aromatic nitrogens is 1. The fourth-order valence-electron chi connectivity index (χ4n) is 2.13. The molecule has 5 heteroatoms. The number of rotatable bonds is 2. The van der Waals surface area contributed by atoms with Crippen molar-refractivity contribution in [2.75, 3.05) is 11.1 Å². The zero-order valence-electron chi connectivity index (χ0n) is 11.0. The number of hydrogen-bond acceptors (Lipinski definition) is 4. The Labute approximate surface area is 120 Å². The fraction of sp³-hybridized carbons (Fsp3) is 0. The molecule has 0 fully saturated rings. The Morgan fingerprint density at radius 3 is 2.81 bits per heavy atom. The average Bonchev–Trinajstić information content (AvgIpc) is 2.52. The monoisotopic (exact) mass is 278 g/mol. The fourth-order valence-corrected chi connectivity index (χ4v) is 2.13. The van der Waals surface area contributed by atoms with Crippen molar-refractivity contribution in [2.24, 2.45) is 0 Å². The first kappa shape index (κ1) is 12.9. The minimum absolute atomic E-state index is 0.0167. The lowest BCUT2D eigenvalue weighted by Crippen LogP contribution is -1.99. The van der Waals surface area contributed by atoms with E-state index in [0.717, 1.165) is 10.9 Å². The molecule has 0 saturated heterocycles. The Hall–Kier alpha value is -3.13. The number of hydrogen-bond donors (Lipinski definition) is 2. The first-order valence-corrected chi connectivity index (χ1v) is 6.29. The number of para-hydroxylation sites is 1. The number of nitrogens with one attached hydrogen (secondary N) is 1. The first-order valence-electron chi connectivity index (χ1n) is 6.29. The third-order valence-electron chi connectivity index (χ3n) is 3.16. The van der Waals surface area contributed by atoms with Crippen molar-refractivity contribution in [3.63, 3.8) is 0 Å². The predicted molar refractivity (Wildman–Crippen MR) is 80.6 cm³/mol. The maximum Gasteiger partial charge on any atom is 0.141 e. The number of nitrogen functional groups attached to an aromatic ring is 1. The van der Waals surface area contributed by atoms with E-state index >= 15 is 0 Å². The van der Waals surface area contributed by atoms with Gasteiger partial charge in [0.2, 0.25) is 0 Å². The Morgan fingerprint density at radius 1 is 1.19 bits per heavy atom. The predicted octanol–water partition coefficient (Wildman–Crippen LogP) is 3.57. The number of fused-ring (bicyclic) bond motifs is 1. The molecule has 1 heterocycles. The lowest BCUT2D eigenvalue weighted by molar-refractivity contribution is 0.624. The van der Waals surface area contributed by atoms with Crippen LogP contribution in [0.2, 0.25) is 0 Å². The summed E-state index contributed by atoms with van der Waals surface area (Å²) in [7, 11) is 0. The molecule has 0 radical (unpaired) electrons. The highest BCUT2D eigenvalue weighted by Gasteiger charge is 2.08. The molecular formula is C16H11FN4. The largest absolute Gasteiger partial charge is 0.396 e. The summed E-state index contributed by atoms with van der Waals surface area (Å²) in [5.74, 6) is -0.546. The van der Waals surface area contributed by atoms with Crippen LogP contribution in [0.3, 0.4) is 0 Å². The van der Waals surface area contributed by atoms with Crippen LogP contribution in [0.1, 0.15) is 5.56 Å². The molecule has 0 saturated carbocycles. The second-order valence-electron chi connectivity index (χ2n) is 4.54. The average molecular weight is 278 g/mol. The molecule has 2 aromatic carbocycles. The maximum atomic E-state index is 13.4. The van der Waals surface area contributed by atoms with Gasteiger partial charge in [0.15, 0.2) is 0 Å². The number of nitrogens with two attached hydrogens (primary N) is 1. The number of nitriles is 1. The Balaban J connectivity index is 2.10. The summed E-state index contributed by atoms with van der Waals surface area (Å²) >= 11 is 0. The minimum atomic E-state index is -0.546. The second kappa shape index (κ2) is 5.10. The third-order valence-corrected chi connectivity index (χ3v) is 3.16. The van der Waals surface area contributed by atoms with E-state index in [2.05, 4.69) is 10.3 Å². The highest BCUT2D eigenvalue weighted by molar-refractivity contribution is 5.98. The highest BCUT2D eigenvalue weighted by Crippen LogP contribution is 2.30. The van der Waals surface area contributed by atoms with Gasteiger partial charge >= 0.3 is 0 Å². The van der Waals surface area contributed by atoms with Gasteiger partial charge < -0.3 is 11.1 Å². The van der Waals surface area contributed by atoms with Crippen LogP contribution in [0.5, 0.6) is 0 Å². The van der Waals surface area contributed by atoms with Gasteiger partial charge in [-0.05, 0) is 24.3 Å². The topological polar surface area (TPSA) is 74.7 Å². The Morgan fingerprint density at radius 2 is 2.00 bits per heavy atom. The molecule has 1 aromatic heterocycles. The van der Waals surface area contributed by atoms with Crippen molar-refractivity contribution in [1.29, 1.82) is 5.26 Å². The van der Waals surface area contributed by atoms with Gasteiger partial charge in [-0.15, -0.1) is 0 Å². The molecule has 0 aliphatic carbocycles. The zero-order chi connectivity index (χ0) is 14.8. The van der Waals surface area contributed by atoms with E-state index in [1.165, 1.54) is 12.1 Å². The van der Waals surface area contributed by atoms with E-state index < -0.39 is 5.82 Å². The van der Waals surface area contributed by atoms with Crippen LogP contribution in [-0.2, 0) is 0 Å². The first-order chi connectivity index (χ1) is 10.2. The molecule has 4 nitrogen and oxygen atoms in total. The van der Waals surface area contributed by atoms with Crippen LogP contribution in [-0.4, -0.2) is 4.98 Å². The van der Waals surface area contributed by atoms with E-state index in [1.54, 1.807) is 12.3 Å². The second-order valence-corrected chi connectivity index (χ2v) is 4.54. The molecule has 3 rings (SSSR count). The van der Waals surface area contributed by atoms with Gasteiger partial charge in [0.05, 0.1) is 28.7 Å². The standard InChI is InChI=1S/C16H11FN4/c17-13-6-5-11(7-10(13)8-18)21-16-12-3-1-2-4-15(12)20-9-14(16)19/h1-7,9H,19H2,(H,20,21). The smallest absolute Gasteiger partial charge is 0.141 e. The molecule has 0 atom stereocenters. The van der Waals surface area contributed by atoms with Crippen LogP contribution in [0.25, 0.3) is 10.9 Å². The summed E-state index contributed by atoms with van der Waals surface area (Å²) in [4.78, 5) is 4.25. The summed E-state index contributed by atoms with van der Waals surface area (Å²) < 4.78 is 13.4. The number of halogens is 1. The summed E-state index contributed by atoms with van der Waals surface area (Å²) in [6.07, 6.45) is 1.57. The number of benzene rings is 2. The SMILES string of the molecule is N#Cc1cc(Nc2c(N)cnc3ccccc23)ccc1F. The molecule has 3 N–H and O–H groups in total. The van der Waals surface area contributed by atoms with E-state index in [-0.39, 0.29) is 5.56 Å². The molecule has 102 valence electrons. The van der Waals surface area contributed by atoms with Crippen LogP contribution in [0, 0.1) is 17.1 Å². The highest BCUT2D eigenvalue weighted by atomic mass is 19.1. The lowest BCUT2D eigenvalue weighted by Gasteiger charge is -2.12. The van der Waals surface area contributed by atoms with Crippen molar-refractivity contribution >= 4 is 28.0 Å². The van der Waals surface area contributed by atoms with Crippen molar-refractivity contribution in [2.45, 2.75) is 0 Å². The van der Waals surface area contributed by atoms with Crippen LogP contribution in [0.15, 0.2) is 48.7 Å². The van der Waals surface area contributed by atoms with Crippen molar-refractivity contribution in [3.8, 4) is 6.07 Å². The molecule has 0 bridgehead atoms. The molecular weight excluding hydrogens is 267 g/mol. The summed E-state index contributed by atoms with van der Waals surface area (Å²) in [5.41, 5.74) is 8.52. The van der Waals surface area contributed by atoms with Gasteiger partial charge in [-0.25, -0.2) is 4.39 Å². The van der Waals surface area contributed by atoms with Gasteiger partial charge in [0.25, 0.3) is 0 Å².